The van der Waals surface area contributed by atoms with Crippen LogP contribution in [0.3, 0.4) is 0 Å². The minimum atomic E-state index is -3.29. The lowest BCUT2D eigenvalue weighted by Crippen LogP contribution is -2.27. The van der Waals surface area contributed by atoms with Gasteiger partial charge in [0.15, 0.2) is 9.84 Å². The third-order valence-corrected chi connectivity index (χ3v) is 4.64. The fourth-order valence-electron chi connectivity index (χ4n) is 1.12. The molecule has 1 aromatic rings. The van der Waals surface area contributed by atoms with E-state index in [2.05, 4.69) is 0 Å². The van der Waals surface area contributed by atoms with Crippen molar-refractivity contribution in [1.29, 1.82) is 0 Å². The van der Waals surface area contributed by atoms with E-state index in [0.29, 0.717) is 10.6 Å². The van der Waals surface area contributed by atoms with Gasteiger partial charge >= 0.3 is 0 Å². The molecule has 0 atom stereocenters. The van der Waals surface area contributed by atoms with Crippen molar-refractivity contribution >= 4 is 9.84 Å². The standard InChI is InChI=1S/C11H16O3S/c1-11(2,3)15(12,13)10-7-5-6-9(8-10)14-4/h5-8H,1-4H3. The number of sulfone groups is 1. The number of hydrogen-bond donors (Lipinski definition) is 0. The van der Waals surface area contributed by atoms with Crippen LogP contribution in [0.5, 0.6) is 5.75 Å². The van der Waals surface area contributed by atoms with Gasteiger partial charge in [-0.05, 0) is 39.0 Å². The molecule has 0 fully saturated rings. The number of rotatable bonds is 2. The van der Waals surface area contributed by atoms with Crippen molar-refractivity contribution in [2.75, 3.05) is 7.11 Å². The highest BCUT2D eigenvalue weighted by Gasteiger charge is 2.30. The van der Waals surface area contributed by atoms with Crippen molar-refractivity contribution in [3.8, 4) is 5.75 Å². The second-order valence-electron chi connectivity index (χ2n) is 4.29. The van der Waals surface area contributed by atoms with E-state index < -0.39 is 14.6 Å². The van der Waals surface area contributed by atoms with Crippen molar-refractivity contribution < 1.29 is 13.2 Å². The van der Waals surface area contributed by atoms with Crippen LogP contribution in [0.25, 0.3) is 0 Å². The maximum atomic E-state index is 12.1. The molecule has 0 amide bonds. The van der Waals surface area contributed by atoms with E-state index >= 15 is 0 Å². The highest BCUT2D eigenvalue weighted by Crippen LogP contribution is 2.26. The number of hydrogen-bond acceptors (Lipinski definition) is 3. The Morgan fingerprint density at radius 3 is 2.27 bits per heavy atom. The van der Waals surface area contributed by atoms with Gasteiger partial charge in [-0.3, -0.25) is 0 Å². The molecule has 0 saturated carbocycles. The monoisotopic (exact) mass is 228 g/mol. The van der Waals surface area contributed by atoms with Crippen LogP contribution in [0.2, 0.25) is 0 Å². The number of benzene rings is 1. The molecule has 0 radical (unpaired) electrons. The molecular weight excluding hydrogens is 212 g/mol. The Bertz CT molecular complexity index is 441. The molecule has 0 spiro atoms. The SMILES string of the molecule is COc1cccc(S(=O)(=O)C(C)(C)C)c1. The second kappa shape index (κ2) is 3.85. The lowest BCUT2D eigenvalue weighted by atomic mass is 10.3. The quantitative estimate of drug-likeness (QED) is 0.780. The highest BCUT2D eigenvalue weighted by molar-refractivity contribution is 7.92. The van der Waals surface area contributed by atoms with Crippen molar-refractivity contribution in [1.82, 2.24) is 0 Å². The molecule has 0 aliphatic rings. The summed E-state index contributed by atoms with van der Waals surface area (Å²) in [5.74, 6) is 0.556. The minimum absolute atomic E-state index is 0.300. The highest BCUT2D eigenvalue weighted by atomic mass is 32.2. The third-order valence-electron chi connectivity index (χ3n) is 2.16. The predicted octanol–water partition coefficient (Wildman–Crippen LogP) is 2.27. The van der Waals surface area contributed by atoms with Gasteiger partial charge in [0.05, 0.1) is 16.8 Å². The third kappa shape index (κ3) is 2.31. The molecule has 0 aromatic heterocycles. The summed E-state index contributed by atoms with van der Waals surface area (Å²) in [6, 6.07) is 6.53. The predicted molar refractivity (Wildman–Crippen MR) is 59.9 cm³/mol. The molecule has 0 aliphatic heterocycles. The summed E-state index contributed by atoms with van der Waals surface area (Å²) >= 11 is 0. The van der Waals surface area contributed by atoms with Crippen LogP contribution in [0, 0.1) is 0 Å². The largest absolute Gasteiger partial charge is 0.497 e. The van der Waals surface area contributed by atoms with Crippen LogP contribution in [0.4, 0.5) is 0 Å². The topological polar surface area (TPSA) is 43.4 Å². The Balaban J connectivity index is 3.29. The summed E-state index contributed by atoms with van der Waals surface area (Å²) in [7, 11) is -1.77. The molecule has 15 heavy (non-hydrogen) atoms. The molecule has 1 rings (SSSR count). The lowest BCUT2D eigenvalue weighted by Gasteiger charge is -2.19. The maximum Gasteiger partial charge on any atom is 0.183 e. The lowest BCUT2D eigenvalue weighted by molar-refractivity contribution is 0.413. The van der Waals surface area contributed by atoms with Crippen LogP contribution >= 0.6 is 0 Å². The van der Waals surface area contributed by atoms with Gasteiger partial charge in [0.2, 0.25) is 0 Å². The molecule has 0 saturated heterocycles. The summed E-state index contributed by atoms with van der Waals surface area (Å²) in [5.41, 5.74) is 0. The summed E-state index contributed by atoms with van der Waals surface area (Å²) in [6.07, 6.45) is 0. The Hall–Kier alpha value is -1.03. The van der Waals surface area contributed by atoms with Crippen molar-refractivity contribution in [2.24, 2.45) is 0 Å². The van der Waals surface area contributed by atoms with Crippen LogP contribution < -0.4 is 4.74 Å². The zero-order valence-electron chi connectivity index (χ0n) is 9.44. The van der Waals surface area contributed by atoms with Crippen molar-refractivity contribution in [2.45, 2.75) is 30.4 Å². The number of methoxy groups -OCH3 is 1. The van der Waals surface area contributed by atoms with E-state index in [0.717, 1.165) is 0 Å². The smallest absolute Gasteiger partial charge is 0.183 e. The molecule has 84 valence electrons. The molecule has 0 unspecified atom stereocenters. The Morgan fingerprint density at radius 1 is 1.20 bits per heavy atom. The average molecular weight is 228 g/mol. The molecule has 4 heteroatoms. The second-order valence-corrected chi connectivity index (χ2v) is 7.00. The van der Waals surface area contributed by atoms with E-state index in [9.17, 15) is 8.42 Å². The van der Waals surface area contributed by atoms with Crippen LogP contribution in [-0.2, 0) is 9.84 Å². The molecule has 0 aliphatic carbocycles. The molecule has 1 aromatic carbocycles. The first-order valence-electron chi connectivity index (χ1n) is 4.68. The number of ether oxygens (including phenoxy) is 1. The van der Waals surface area contributed by atoms with Gasteiger partial charge < -0.3 is 4.74 Å². The van der Waals surface area contributed by atoms with E-state index in [1.165, 1.54) is 7.11 Å². The van der Waals surface area contributed by atoms with Gasteiger partial charge in [0.1, 0.15) is 5.75 Å². The average Bonchev–Trinajstić information content (AvgIpc) is 2.16. The van der Waals surface area contributed by atoms with Crippen LogP contribution in [0.15, 0.2) is 29.2 Å². The Kier molecular flexibility index (Phi) is 3.09. The van der Waals surface area contributed by atoms with Gasteiger partial charge in [0.25, 0.3) is 0 Å². The fraction of sp³-hybridized carbons (Fsp3) is 0.455. The van der Waals surface area contributed by atoms with Gasteiger partial charge in [-0.25, -0.2) is 8.42 Å². The Morgan fingerprint density at radius 2 is 1.80 bits per heavy atom. The van der Waals surface area contributed by atoms with E-state index in [-0.39, 0.29) is 0 Å². The normalized spacial score (nSPS) is 12.5. The van der Waals surface area contributed by atoms with Crippen LogP contribution in [-0.4, -0.2) is 20.3 Å². The summed E-state index contributed by atoms with van der Waals surface area (Å²) in [6.45, 7) is 5.05. The minimum Gasteiger partial charge on any atom is -0.497 e. The van der Waals surface area contributed by atoms with Gasteiger partial charge in [-0.15, -0.1) is 0 Å². The first-order valence-corrected chi connectivity index (χ1v) is 6.16. The molecule has 0 heterocycles. The summed E-state index contributed by atoms with van der Waals surface area (Å²) in [4.78, 5) is 0.300. The van der Waals surface area contributed by atoms with Crippen molar-refractivity contribution in [3.05, 3.63) is 24.3 Å². The molecule has 0 N–H and O–H groups in total. The van der Waals surface area contributed by atoms with Gasteiger partial charge in [-0.2, -0.15) is 0 Å². The van der Waals surface area contributed by atoms with E-state index in [4.69, 9.17) is 4.74 Å². The van der Waals surface area contributed by atoms with E-state index in [1.807, 2.05) is 0 Å². The van der Waals surface area contributed by atoms with Gasteiger partial charge in [0, 0.05) is 0 Å². The molecular formula is C11H16O3S. The molecule has 0 bridgehead atoms. The first-order chi connectivity index (χ1) is 6.79. The summed E-state index contributed by atoms with van der Waals surface area (Å²) < 4.78 is 28.3. The fourth-order valence-corrected chi connectivity index (χ4v) is 2.36. The van der Waals surface area contributed by atoms with Crippen molar-refractivity contribution in [3.63, 3.8) is 0 Å². The Labute approximate surface area is 91.0 Å². The molecule has 3 nitrogen and oxygen atoms in total. The van der Waals surface area contributed by atoms with Crippen LogP contribution in [0.1, 0.15) is 20.8 Å². The van der Waals surface area contributed by atoms with E-state index in [1.54, 1.807) is 45.0 Å². The first kappa shape index (κ1) is 12.0. The maximum absolute atomic E-state index is 12.1. The summed E-state index contributed by atoms with van der Waals surface area (Å²) in [5, 5.41) is 0. The zero-order chi connectivity index (χ0) is 11.7. The zero-order valence-corrected chi connectivity index (χ0v) is 10.3. The van der Waals surface area contributed by atoms with Gasteiger partial charge in [-0.1, -0.05) is 6.07 Å².